The molecule has 1 unspecified atom stereocenters. The zero-order valence-corrected chi connectivity index (χ0v) is 45.3. The molecule has 17 nitrogen and oxygen atoms in total. The molecule has 10 heterocycles. The van der Waals surface area contributed by atoms with Crippen molar-refractivity contribution in [2.75, 3.05) is 75.5 Å². The molecule has 19 heteroatoms. The van der Waals surface area contributed by atoms with Gasteiger partial charge in [-0.25, -0.2) is 18.6 Å². The van der Waals surface area contributed by atoms with Crippen molar-refractivity contribution in [3.05, 3.63) is 71.1 Å². The van der Waals surface area contributed by atoms with E-state index >= 15 is 8.78 Å². The minimum absolute atomic E-state index is 0.00195. The number of anilines is 2. The van der Waals surface area contributed by atoms with Crippen molar-refractivity contribution in [1.29, 1.82) is 0 Å². The SMILES string of the molecule is CCc1c(F)ccc2cc(O)cc(-c3nc4c5c(nc(OC[C@@]67CCCN6[C@H](COC(=O)N6CCC(CC8CCN(c9ccc%10c(C%11CCC(=O)NC%11=O)nn(C)c%10c9)CC8)CC6)CC7)nc5c3F)N3CCCOC[C@@H]3CC4)c12. The molecule has 416 valence electrons. The summed E-state index contributed by atoms with van der Waals surface area (Å²) >= 11 is 0. The number of hydrogen-bond acceptors (Lipinski definition) is 14. The van der Waals surface area contributed by atoms with Gasteiger partial charge < -0.3 is 34.0 Å². The number of nitrogens with one attached hydrogen (secondary N) is 1. The number of phenolic OH excluding ortho intramolecular Hbond substituents is 1. The van der Waals surface area contributed by atoms with E-state index in [1.807, 2.05) is 23.6 Å². The summed E-state index contributed by atoms with van der Waals surface area (Å²) in [5, 5.41) is 20.7. The number of imide groups is 1. The maximum Gasteiger partial charge on any atom is 0.409 e. The number of aromatic hydroxyl groups is 1. The number of halogens is 2. The summed E-state index contributed by atoms with van der Waals surface area (Å²) in [5.74, 6) is -0.288. The molecule has 4 atom stereocenters. The zero-order valence-electron chi connectivity index (χ0n) is 45.3. The summed E-state index contributed by atoms with van der Waals surface area (Å²) < 4.78 is 53.6. The first kappa shape index (κ1) is 51.7. The molecule has 0 radical (unpaired) electrons. The van der Waals surface area contributed by atoms with Gasteiger partial charge in [-0.15, -0.1) is 0 Å². The lowest BCUT2D eigenvalue weighted by Crippen LogP contribution is -2.48. The minimum atomic E-state index is -0.678. The van der Waals surface area contributed by atoms with Crippen LogP contribution in [0.25, 0.3) is 43.8 Å². The van der Waals surface area contributed by atoms with Crippen LogP contribution in [0.2, 0.25) is 0 Å². The summed E-state index contributed by atoms with van der Waals surface area (Å²) in [6.07, 6.45) is 11.8. The molecule has 7 aliphatic rings. The number of carbonyl (C=O) groups excluding carboxylic acids is 3. The van der Waals surface area contributed by atoms with Gasteiger partial charge in [0.05, 0.1) is 46.4 Å². The standard InChI is InChI=1S/C60H70F2N10O7/c1-3-42-46(61)11-6-37-29-41(73)31-45(50(37)42)54-52(62)55-51-47(63-54)12-8-39-32-77-27-5-21-71(39)56(51)66-58(65-55)79-34-60-19-4-22-72(60)40(14-20-60)33-78-59(76)70-25-17-36(18-26-70)28-35-15-23-69(24-16-35)38-7-9-43-48(30-38)68(2)67-53(43)44-10-13-49(74)64-57(44)75/h6-7,9,11,29-31,35-36,39-40,44,73H,3-5,8,10,12-28,32-34H2,1-2H3,(H,64,74,75)/t39-,40-,44?,60-/m0/s1. The number of hydrogen-bond donors (Lipinski definition) is 2. The molecule has 7 aliphatic heterocycles. The minimum Gasteiger partial charge on any atom is -0.508 e. The number of carbonyl (C=O) groups is 3. The third-order valence-corrected chi connectivity index (χ3v) is 18.9. The molecular formula is C60H70F2N10O7. The second kappa shape index (κ2) is 21.1. The molecule has 3 aromatic carbocycles. The normalized spacial score (nSPS) is 24.3. The Morgan fingerprint density at radius 2 is 1.71 bits per heavy atom. The lowest BCUT2D eigenvalue weighted by atomic mass is 9.83. The van der Waals surface area contributed by atoms with Gasteiger partial charge in [-0.1, -0.05) is 13.0 Å². The van der Waals surface area contributed by atoms with E-state index in [1.165, 1.54) is 18.6 Å². The van der Waals surface area contributed by atoms with Gasteiger partial charge in [0, 0.05) is 75.5 Å². The number of nitrogens with zero attached hydrogens (tertiary/aromatic N) is 9. The molecule has 0 spiro atoms. The van der Waals surface area contributed by atoms with Crippen LogP contribution in [0.15, 0.2) is 42.5 Å². The van der Waals surface area contributed by atoms with Crippen LogP contribution in [0.4, 0.5) is 25.1 Å². The Morgan fingerprint density at radius 3 is 2.52 bits per heavy atom. The monoisotopic (exact) mass is 1080 g/mol. The highest BCUT2D eigenvalue weighted by Crippen LogP contribution is 2.46. The fourth-order valence-electron chi connectivity index (χ4n) is 14.7. The Morgan fingerprint density at radius 1 is 0.886 bits per heavy atom. The number of benzene rings is 3. The van der Waals surface area contributed by atoms with Gasteiger partial charge in [0.1, 0.15) is 41.8 Å². The van der Waals surface area contributed by atoms with Gasteiger partial charge in [0.15, 0.2) is 5.82 Å². The Kier molecular flexibility index (Phi) is 13.8. The number of ether oxygens (including phenoxy) is 3. The van der Waals surface area contributed by atoms with E-state index in [9.17, 15) is 19.5 Å². The molecule has 13 rings (SSSR count). The van der Waals surface area contributed by atoms with E-state index in [-0.39, 0.29) is 58.5 Å². The van der Waals surface area contributed by atoms with Gasteiger partial charge in [0.25, 0.3) is 0 Å². The molecule has 6 fully saturated rings. The number of aryl methyl sites for hydroxylation is 3. The van der Waals surface area contributed by atoms with Crippen molar-refractivity contribution in [3.63, 3.8) is 0 Å². The average Bonchev–Trinajstić information content (AvgIpc) is 4.25. The van der Waals surface area contributed by atoms with E-state index in [0.29, 0.717) is 129 Å². The summed E-state index contributed by atoms with van der Waals surface area (Å²) in [6, 6.07) is 12.5. The topological polar surface area (TPSA) is 181 Å². The number of phenols is 1. The quantitative estimate of drug-likeness (QED) is 0.117. The van der Waals surface area contributed by atoms with Crippen molar-refractivity contribution in [2.45, 2.75) is 127 Å². The van der Waals surface area contributed by atoms with Crippen LogP contribution < -0.4 is 19.9 Å². The van der Waals surface area contributed by atoms with Crippen LogP contribution in [0.5, 0.6) is 11.8 Å². The Balaban J connectivity index is 0.638. The first-order valence-electron chi connectivity index (χ1n) is 29.0. The third kappa shape index (κ3) is 9.55. The van der Waals surface area contributed by atoms with Crippen LogP contribution >= 0.6 is 0 Å². The number of fused-ring (bicyclic) bond motifs is 5. The predicted molar refractivity (Wildman–Crippen MR) is 294 cm³/mol. The van der Waals surface area contributed by atoms with Crippen LogP contribution in [0.1, 0.15) is 113 Å². The van der Waals surface area contributed by atoms with Gasteiger partial charge >= 0.3 is 12.1 Å². The van der Waals surface area contributed by atoms with E-state index in [4.69, 9.17) is 34.3 Å². The van der Waals surface area contributed by atoms with Crippen molar-refractivity contribution < 1.29 is 42.5 Å². The summed E-state index contributed by atoms with van der Waals surface area (Å²) in [5.41, 5.74) is 4.02. The largest absolute Gasteiger partial charge is 0.508 e. The van der Waals surface area contributed by atoms with E-state index in [0.717, 1.165) is 99.7 Å². The number of aromatic nitrogens is 5. The Bertz CT molecular complexity index is 3380. The first-order chi connectivity index (χ1) is 38.4. The molecule has 0 aliphatic carbocycles. The van der Waals surface area contributed by atoms with Gasteiger partial charge in [-0.2, -0.15) is 15.1 Å². The van der Waals surface area contributed by atoms with Crippen molar-refractivity contribution in [3.8, 4) is 23.0 Å². The molecule has 0 bridgehead atoms. The van der Waals surface area contributed by atoms with E-state index in [2.05, 4.69) is 38.2 Å². The van der Waals surface area contributed by atoms with Crippen molar-refractivity contribution >= 4 is 62.0 Å². The lowest BCUT2D eigenvalue weighted by molar-refractivity contribution is -0.134. The summed E-state index contributed by atoms with van der Waals surface area (Å²) in [7, 11) is 1.91. The number of pyridine rings is 1. The smallest absolute Gasteiger partial charge is 0.409 e. The number of piperidine rings is 3. The molecule has 3 aromatic heterocycles. The maximum atomic E-state index is 17.6. The fourth-order valence-corrected chi connectivity index (χ4v) is 14.7. The van der Waals surface area contributed by atoms with Gasteiger partial charge in [-0.05, 0) is 161 Å². The second-order valence-corrected chi connectivity index (χ2v) is 23.4. The van der Waals surface area contributed by atoms with Gasteiger partial charge in [-0.3, -0.25) is 24.5 Å². The van der Waals surface area contributed by atoms with Crippen LogP contribution in [-0.2, 0) is 39.0 Å². The highest BCUT2D eigenvalue weighted by Gasteiger charge is 2.50. The molecule has 2 N–H and O–H groups in total. The van der Waals surface area contributed by atoms with Crippen molar-refractivity contribution in [1.82, 2.24) is 39.8 Å². The summed E-state index contributed by atoms with van der Waals surface area (Å²) in [4.78, 5) is 62.0. The average molecular weight is 1080 g/mol. The third-order valence-electron chi connectivity index (χ3n) is 18.9. The van der Waals surface area contributed by atoms with E-state index in [1.54, 1.807) is 12.1 Å². The Labute approximate surface area is 457 Å². The molecule has 0 saturated carbocycles. The van der Waals surface area contributed by atoms with Crippen LogP contribution in [0.3, 0.4) is 0 Å². The molecule has 3 amide bonds. The first-order valence-corrected chi connectivity index (χ1v) is 29.0. The number of likely N-dealkylation sites (tertiary alicyclic amines) is 1. The Hall–Kier alpha value is -6.73. The fraction of sp³-hybridized carbons (Fsp3) is 0.550. The number of rotatable bonds is 11. The predicted octanol–water partition coefficient (Wildman–Crippen LogP) is 8.87. The number of amides is 3. The summed E-state index contributed by atoms with van der Waals surface area (Å²) in [6.45, 7) is 8.43. The van der Waals surface area contributed by atoms with Crippen LogP contribution in [-0.4, -0.2) is 141 Å². The highest BCUT2D eigenvalue weighted by atomic mass is 19.1. The molecule has 6 aromatic rings. The zero-order chi connectivity index (χ0) is 54.1. The second-order valence-electron chi connectivity index (χ2n) is 23.4. The van der Waals surface area contributed by atoms with E-state index < -0.39 is 17.6 Å². The van der Waals surface area contributed by atoms with Crippen LogP contribution in [0, 0.1) is 23.5 Å². The highest BCUT2D eigenvalue weighted by molar-refractivity contribution is 6.04. The van der Waals surface area contributed by atoms with Gasteiger partial charge in [0.2, 0.25) is 11.8 Å². The lowest BCUT2D eigenvalue weighted by Gasteiger charge is -2.37. The molecular weight excluding hydrogens is 1010 g/mol. The van der Waals surface area contributed by atoms with Crippen molar-refractivity contribution in [2.24, 2.45) is 18.9 Å². The maximum absolute atomic E-state index is 17.6. The molecule has 6 saturated heterocycles. The molecule has 79 heavy (non-hydrogen) atoms.